The number of aromatic nitrogens is 1. The summed E-state index contributed by atoms with van der Waals surface area (Å²) in [7, 11) is 0. The third-order valence-corrected chi connectivity index (χ3v) is 4.94. The SMILES string of the molecule is Cc1cc(C=C(C#N)c2ccccc2Cl)c(C)n1-c1cccc(Br)c1. The molecule has 0 aliphatic carbocycles. The van der Waals surface area contributed by atoms with E-state index in [1.807, 2.05) is 36.4 Å². The molecule has 1 heterocycles. The molecule has 0 radical (unpaired) electrons. The highest BCUT2D eigenvalue weighted by Gasteiger charge is 2.12. The fourth-order valence-corrected chi connectivity index (χ4v) is 3.58. The van der Waals surface area contributed by atoms with Gasteiger partial charge in [-0.25, -0.2) is 0 Å². The largest absolute Gasteiger partial charge is 0.318 e. The van der Waals surface area contributed by atoms with E-state index in [1.54, 1.807) is 6.07 Å². The van der Waals surface area contributed by atoms with E-state index in [1.165, 1.54) is 0 Å². The molecule has 25 heavy (non-hydrogen) atoms. The fraction of sp³-hybridized carbons (Fsp3) is 0.0952. The Bertz CT molecular complexity index is 1010. The molecular formula is C21H16BrClN2. The zero-order valence-electron chi connectivity index (χ0n) is 13.9. The second-order valence-electron chi connectivity index (χ2n) is 5.79. The van der Waals surface area contributed by atoms with E-state index in [4.69, 9.17) is 11.6 Å². The molecule has 0 aliphatic heterocycles. The van der Waals surface area contributed by atoms with Gasteiger partial charge in [0.05, 0.1) is 11.6 Å². The molecule has 4 heteroatoms. The number of halogens is 2. The number of benzene rings is 2. The number of hydrogen-bond acceptors (Lipinski definition) is 1. The van der Waals surface area contributed by atoms with Crippen LogP contribution in [0.15, 0.2) is 59.1 Å². The van der Waals surface area contributed by atoms with Crippen molar-refractivity contribution >= 4 is 39.2 Å². The quantitative estimate of drug-likeness (QED) is 0.448. The van der Waals surface area contributed by atoms with Crippen molar-refractivity contribution in [1.82, 2.24) is 4.57 Å². The van der Waals surface area contributed by atoms with Crippen molar-refractivity contribution in [2.75, 3.05) is 0 Å². The van der Waals surface area contributed by atoms with Gasteiger partial charge in [-0.15, -0.1) is 0 Å². The third kappa shape index (κ3) is 3.56. The Morgan fingerprint density at radius 1 is 1.12 bits per heavy atom. The summed E-state index contributed by atoms with van der Waals surface area (Å²) < 4.78 is 3.21. The van der Waals surface area contributed by atoms with Crippen molar-refractivity contribution in [2.24, 2.45) is 0 Å². The van der Waals surface area contributed by atoms with Crippen LogP contribution in [0.5, 0.6) is 0 Å². The van der Waals surface area contributed by atoms with Crippen LogP contribution in [0.2, 0.25) is 5.02 Å². The summed E-state index contributed by atoms with van der Waals surface area (Å²) >= 11 is 9.77. The number of rotatable bonds is 3. The van der Waals surface area contributed by atoms with Gasteiger partial charge in [0.15, 0.2) is 0 Å². The highest BCUT2D eigenvalue weighted by Crippen LogP contribution is 2.29. The first-order chi connectivity index (χ1) is 12.0. The Hall–Kier alpha value is -2.28. The zero-order valence-corrected chi connectivity index (χ0v) is 16.3. The number of allylic oxidation sites excluding steroid dienone is 1. The molecule has 1 aromatic heterocycles. The van der Waals surface area contributed by atoms with Gasteiger partial charge in [-0.1, -0.05) is 51.8 Å². The van der Waals surface area contributed by atoms with Crippen molar-refractivity contribution in [3.8, 4) is 11.8 Å². The molecule has 2 aromatic carbocycles. The standard InChI is InChI=1S/C21H16BrClN2/c1-14-10-16(11-17(13-24)20-8-3-4-9-21(20)23)15(2)25(14)19-7-5-6-18(22)12-19/h3-12H,1-2H3. The summed E-state index contributed by atoms with van der Waals surface area (Å²) in [6.07, 6.45) is 1.90. The van der Waals surface area contributed by atoms with E-state index in [0.717, 1.165) is 32.7 Å². The fourth-order valence-electron chi connectivity index (χ4n) is 2.95. The number of nitriles is 1. The molecular weight excluding hydrogens is 396 g/mol. The highest BCUT2D eigenvalue weighted by atomic mass is 79.9. The van der Waals surface area contributed by atoms with Gasteiger partial charge in [-0.05, 0) is 55.8 Å². The van der Waals surface area contributed by atoms with Crippen molar-refractivity contribution in [1.29, 1.82) is 5.26 Å². The highest BCUT2D eigenvalue weighted by molar-refractivity contribution is 9.10. The molecule has 3 aromatic rings. The Labute approximate surface area is 161 Å². The van der Waals surface area contributed by atoms with Gasteiger partial charge < -0.3 is 4.57 Å². The predicted octanol–water partition coefficient (Wildman–Crippen LogP) is 6.57. The molecule has 0 unspecified atom stereocenters. The molecule has 0 saturated heterocycles. The monoisotopic (exact) mass is 410 g/mol. The van der Waals surface area contributed by atoms with Crippen molar-refractivity contribution in [3.63, 3.8) is 0 Å². The average Bonchev–Trinajstić information content (AvgIpc) is 2.87. The molecule has 0 aliphatic rings. The van der Waals surface area contributed by atoms with Gasteiger partial charge in [0, 0.05) is 32.1 Å². The summed E-state index contributed by atoms with van der Waals surface area (Å²) in [5, 5.41) is 10.2. The molecule has 0 saturated carbocycles. The van der Waals surface area contributed by atoms with Gasteiger partial charge in [0.1, 0.15) is 0 Å². The lowest BCUT2D eigenvalue weighted by atomic mass is 10.0. The summed E-state index contributed by atoms with van der Waals surface area (Å²) in [5.74, 6) is 0. The first-order valence-electron chi connectivity index (χ1n) is 7.83. The molecule has 124 valence electrons. The summed E-state index contributed by atoms with van der Waals surface area (Å²) in [5.41, 5.74) is 5.59. The molecule has 0 bridgehead atoms. The van der Waals surface area contributed by atoms with E-state index < -0.39 is 0 Å². The van der Waals surface area contributed by atoms with Gasteiger partial charge in [0.2, 0.25) is 0 Å². The lowest BCUT2D eigenvalue weighted by molar-refractivity contribution is 0.963. The second kappa shape index (κ2) is 7.31. The Balaban J connectivity index is 2.12. The van der Waals surface area contributed by atoms with E-state index in [0.29, 0.717) is 10.6 Å². The van der Waals surface area contributed by atoms with E-state index in [9.17, 15) is 5.26 Å². The minimum atomic E-state index is 0.556. The van der Waals surface area contributed by atoms with Crippen LogP contribution in [0.1, 0.15) is 22.5 Å². The predicted molar refractivity (Wildman–Crippen MR) is 108 cm³/mol. The molecule has 3 rings (SSSR count). The molecule has 0 amide bonds. The van der Waals surface area contributed by atoms with Crippen LogP contribution in [0.25, 0.3) is 17.3 Å². The van der Waals surface area contributed by atoms with Crippen LogP contribution in [0.3, 0.4) is 0 Å². The van der Waals surface area contributed by atoms with Crippen LogP contribution in [-0.4, -0.2) is 4.57 Å². The number of nitrogens with zero attached hydrogens (tertiary/aromatic N) is 2. The van der Waals surface area contributed by atoms with Crippen LogP contribution in [0.4, 0.5) is 0 Å². The smallest absolute Gasteiger partial charge is 0.0998 e. The van der Waals surface area contributed by atoms with E-state index in [2.05, 4.69) is 58.6 Å². The molecule has 0 fully saturated rings. The lowest BCUT2D eigenvalue weighted by Crippen LogP contribution is -1.98. The van der Waals surface area contributed by atoms with Crippen LogP contribution in [0, 0.1) is 25.2 Å². The van der Waals surface area contributed by atoms with Crippen molar-refractivity contribution < 1.29 is 0 Å². The maximum Gasteiger partial charge on any atom is 0.0998 e. The Morgan fingerprint density at radius 3 is 2.56 bits per heavy atom. The lowest BCUT2D eigenvalue weighted by Gasteiger charge is -2.10. The molecule has 0 atom stereocenters. The Morgan fingerprint density at radius 2 is 1.88 bits per heavy atom. The number of hydrogen-bond donors (Lipinski definition) is 0. The maximum atomic E-state index is 9.60. The van der Waals surface area contributed by atoms with Gasteiger partial charge in [-0.2, -0.15) is 5.26 Å². The summed E-state index contributed by atoms with van der Waals surface area (Å²) in [4.78, 5) is 0. The molecule has 2 nitrogen and oxygen atoms in total. The van der Waals surface area contributed by atoms with Gasteiger partial charge >= 0.3 is 0 Å². The minimum Gasteiger partial charge on any atom is -0.318 e. The molecule has 0 N–H and O–H groups in total. The minimum absolute atomic E-state index is 0.556. The number of aryl methyl sites for hydroxylation is 1. The average molecular weight is 412 g/mol. The van der Waals surface area contributed by atoms with E-state index in [-0.39, 0.29) is 0 Å². The summed E-state index contributed by atoms with van der Waals surface area (Å²) in [6, 6.07) is 19.9. The normalized spacial score (nSPS) is 11.4. The van der Waals surface area contributed by atoms with Gasteiger partial charge in [0.25, 0.3) is 0 Å². The van der Waals surface area contributed by atoms with Crippen molar-refractivity contribution in [3.05, 3.63) is 86.6 Å². The topological polar surface area (TPSA) is 28.7 Å². The third-order valence-electron chi connectivity index (χ3n) is 4.12. The second-order valence-corrected chi connectivity index (χ2v) is 7.11. The first-order valence-corrected chi connectivity index (χ1v) is 9.00. The Kier molecular flexibility index (Phi) is 5.13. The van der Waals surface area contributed by atoms with Crippen LogP contribution in [-0.2, 0) is 0 Å². The maximum absolute atomic E-state index is 9.60. The van der Waals surface area contributed by atoms with E-state index >= 15 is 0 Å². The molecule has 0 spiro atoms. The zero-order chi connectivity index (χ0) is 18.0. The van der Waals surface area contributed by atoms with Crippen LogP contribution >= 0.6 is 27.5 Å². The van der Waals surface area contributed by atoms with Crippen molar-refractivity contribution in [2.45, 2.75) is 13.8 Å². The summed E-state index contributed by atoms with van der Waals surface area (Å²) in [6.45, 7) is 4.12. The van der Waals surface area contributed by atoms with Crippen LogP contribution < -0.4 is 0 Å². The first kappa shape index (κ1) is 17.5. The van der Waals surface area contributed by atoms with Gasteiger partial charge in [-0.3, -0.25) is 0 Å².